The Morgan fingerprint density at radius 3 is 2.50 bits per heavy atom. The van der Waals surface area contributed by atoms with Crippen LogP contribution in [0, 0.1) is 0 Å². The molecule has 0 aliphatic rings. The van der Waals surface area contributed by atoms with Crippen molar-refractivity contribution in [2.75, 3.05) is 26.1 Å². The highest BCUT2D eigenvalue weighted by atomic mass is 35.5. The van der Waals surface area contributed by atoms with Crippen molar-refractivity contribution in [3.8, 4) is 11.5 Å². The van der Waals surface area contributed by atoms with E-state index in [0.29, 0.717) is 23.8 Å². The minimum atomic E-state index is -3.69. The fourth-order valence-electron chi connectivity index (χ4n) is 2.18. The van der Waals surface area contributed by atoms with Crippen LogP contribution in [0.4, 0.5) is 5.69 Å². The lowest BCUT2D eigenvalue weighted by atomic mass is 10.2. The fraction of sp³-hybridized carbons (Fsp3) is 0.235. The summed E-state index contributed by atoms with van der Waals surface area (Å²) in [6.07, 6.45) is 0. The highest BCUT2D eigenvalue weighted by Crippen LogP contribution is 2.30. The van der Waals surface area contributed by atoms with Gasteiger partial charge in [-0.1, -0.05) is 11.6 Å². The fourth-order valence-corrected chi connectivity index (χ4v) is 3.14. The molecule has 7 nitrogen and oxygen atoms in total. The van der Waals surface area contributed by atoms with Crippen LogP contribution in [0.5, 0.6) is 11.5 Å². The van der Waals surface area contributed by atoms with Gasteiger partial charge in [0.25, 0.3) is 5.91 Å². The number of carbonyl (C=O) groups is 1. The van der Waals surface area contributed by atoms with Crippen molar-refractivity contribution in [3.05, 3.63) is 47.0 Å². The average molecular weight is 399 g/mol. The van der Waals surface area contributed by atoms with Gasteiger partial charge in [-0.2, -0.15) is 0 Å². The van der Waals surface area contributed by atoms with Crippen LogP contribution in [-0.4, -0.2) is 35.1 Å². The summed E-state index contributed by atoms with van der Waals surface area (Å²) in [5.74, 6) is 0.463. The summed E-state index contributed by atoms with van der Waals surface area (Å²) in [5, 5.41) is 2.80. The van der Waals surface area contributed by atoms with E-state index in [4.69, 9.17) is 21.1 Å². The van der Waals surface area contributed by atoms with Crippen LogP contribution in [0.3, 0.4) is 0 Å². The standard InChI is InChI=1S/C17H19ClN2O5S/c1-4-25-15-8-5-11(9-16(15)24-3)20-17(21)13-10-12(6-7-14(13)18)26(22,23)19-2/h5-10,19H,4H2,1-3H3,(H,20,21). The first-order valence-corrected chi connectivity index (χ1v) is 9.53. The van der Waals surface area contributed by atoms with Crippen LogP contribution < -0.4 is 19.5 Å². The van der Waals surface area contributed by atoms with Crippen LogP contribution in [-0.2, 0) is 10.0 Å². The predicted molar refractivity (Wildman–Crippen MR) is 99.8 cm³/mol. The second kappa shape index (κ2) is 8.39. The monoisotopic (exact) mass is 398 g/mol. The SMILES string of the molecule is CCOc1ccc(NC(=O)c2cc(S(=O)(=O)NC)ccc2Cl)cc1OC. The summed E-state index contributed by atoms with van der Waals surface area (Å²) in [4.78, 5) is 12.5. The van der Waals surface area contributed by atoms with Crippen LogP contribution in [0.25, 0.3) is 0 Å². The number of benzene rings is 2. The van der Waals surface area contributed by atoms with Crippen molar-refractivity contribution in [3.63, 3.8) is 0 Å². The summed E-state index contributed by atoms with van der Waals surface area (Å²) in [6, 6.07) is 8.82. The lowest BCUT2D eigenvalue weighted by Crippen LogP contribution is -2.20. The lowest BCUT2D eigenvalue weighted by Gasteiger charge is -2.12. The van der Waals surface area contributed by atoms with E-state index < -0.39 is 15.9 Å². The molecular weight excluding hydrogens is 380 g/mol. The number of halogens is 1. The third-order valence-electron chi connectivity index (χ3n) is 3.48. The Morgan fingerprint density at radius 1 is 1.15 bits per heavy atom. The average Bonchev–Trinajstić information content (AvgIpc) is 2.63. The van der Waals surface area contributed by atoms with E-state index >= 15 is 0 Å². The number of nitrogens with one attached hydrogen (secondary N) is 2. The molecule has 0 heterocycles. The Bertz CT molecular complexity index is 915. The molecule has 26 heavy (non-hydrogen) atoms. The summed E-state index contributed by atoms with van der Waals surface area (Å²) in [7, 11) is -0.912. The normalized spacial score (nSPS) is 11.1. The van der Waals surface area contributed by atoms with E-state index in [1.165, 1.54) is 32.4 Å². The number of anilines is 1. The zero-order valence-electron chi connectivity index (χ0n) is 14.5. The highest BCUT2D eigenvalue weighted by molar-refractivity contribution is 7.89. The van der Waals surface area contributed by atoms with Gasteiger partial charge >= 0.3 is 0 Å². The van der Waals surface area contributed by atoms with Crippen LogP contribution in [0.1, 0.15) is 17.3 Å². The molecule has 2 aromatic carbocycles. The number of carbonyl (C=O) groups excluding carboxylic acids is 1. The molecular formula is C17H19ClN2O5S. The van der Waals surface area contributed by atoms with Crippen molar-refractivity contribution in [1.82, 2.24) is 4.72 Å². The van der Waals surface area contributed by atoms with Gasteiger partial charge in [0.05, 0.1) is 29.2 Å². The predicted octanol–water partition coefficient (Wildman–Crippen LogP) is 2.91. The molecule has 0 spiro atoms. The molecule has 0 aliphatic carbocycles. The summed E-state index contributed by atoms with van der Waals surface area (Å²) < 4.78 is 36.7. The maximum Gasteiger partial charge on any atom is 0.257 e. The Kier molecular flexibility index (Phi) is 6.47. The van der Waals surface area contributed by atoms with Gasteiger partial charge in [-0.05, 0) is 44.3 Å². The number of hydrogen-bond acceptors (Lipinski definition) is 5. The second-order valence-electron chi connectivity index (χ2n) is 5.10. The number of hydrogen-bond donors (Lipinski definition) is 2. The lowest BCUT2D eigenvalue weighted by molar-refractivity contribution is 0.102. The number of ether oxygens (including phenoxy) is 2. The minimum Gasteiger partial charge on any atom is -0.493 e. The largest absolute Gasteiger partial charge is 0.493 e. The smallest absolute Gasteiger partial charge is 0.257 e. The Labute approximate surface area is 157 Å². The van der Waals surface area contributed by atoms with Crippen molar-refractivity contribution >= 4 is 33.2 Å². The van der Waals surface area contributed by atoms with Crippen molar-refractivity contribution in [2.24, 2.45) is 0 Å². The van der Waals surface area contributed by atoms with Gasteiger partial charge in [-0.3, -0.25) is 4.79 Å². The second-order valence-corrected chi connectivity index (χ2v) is 7.40. The number of amides is 1. The third kappa shape index (κ3) is 4.46. The number of sulfonamides is 1. The van der Waals surface area contributed by atoms with E-state index in [9.17, 15) is 13.2 Å². The molecule has 0 unspecified atom stereocenters. The maximum atomic E-state index is 12.5. The molecule has 0 aromatic heterocycles. The van der Waals surface area contributed by atoms with E-state index in [1.54, 1.807) is 18.2 Å². The van der Waals surface area contributed by atoms with E-state index in [2.05, 4.69) is 10.0 Å². The quantitative estimate of drug-likeness (QED) is 0.747. The van der Waals surface area contributed by atoms with Gasteiger partial charge in [0.1, 0.15) is 0 Å². The molecule has 0 radical (unpaired) electrons. The third-order valence-corrected chi connectivity index (χ3v) is 5.22. The van der Waals surface area contributed by atoms with Gasteiger partial charge in [0, 0.05) is 11.8 Å². The molecule has 2 rings (SSSR count). The van der Waals surface area contributed by atoms with Crippen molar-refractivity contribution < 1.29 is 22.7 Å². The molecule has 2 aromatic rings. The summed E-state index contributed by atoms with van der Waals surface area (Å²) >= 11 is 6.05. The van der Waals surface area contributed by atoms with Crippen molar-refractivity contribution in [1.29, 1.82) is 0 Å². The molecule has 0 saturated carbocycles. The van der Waals surface area contributed by atoms with Gasteiger partial charge in [-0.15, -0.1) is 0 Å². The summed E-state index contributed by atoms with van der Waals surface area (Å²) in [6.45, 7) is 2.33. The Hall–Kier alpha value is -2.29. The van der Waals surface area contributed by atoms with Gasteiger partial charge < -0.3 is 14.8 Å². The molecule has 9 heteroatoms. The first-order valence-electron chi connectivity index (χ1n) is 7.67. The minimum absolute atomic E-state index is 0.0378. The zero-order chi connectivity index (χ0) is 19.3. The molecule has 0 bridgehead atoms. The van der Waals surface area contributed by atoms with Gasteiger partial charge in [-0.25, -0.2) is 13.1 Å². The zero-order valence-corrected chi connectivity index (χ0v) is 16.1. The van der Waals surface area contributed by atoms with Crippen LogP contribution in [0.15, 0.2) is 41.3 Å². The molecule has 0 saturated heterocycles. The topological polar surface area (TPSA) is 93.7 Å². The highest BCUT2D eigenvalue weighted by Gasteiger charge is 2.18. The van der Waals surface area contributed by atoms with Gasteiger partial charge in [0.2, 0.25) is 10.0 Å². The maximum absolute atomic E-state index is 12.5. The first kappa shape index (κ1) is 20.0. The van der Waals surface area contributed by atoms with Crippen LogP contribution >= 0.6 is 11.6 Å². The molecule has 0 aliphatic heterocycles. The number of rotatable bonds is 7. The van der Waals surface area contributed by atoms with Gasteiger partial charge in [0.15, 0.2) is 11.5 Å². The molecule has 1 amide bonds. The number of methoxy groups -OCH3 is 1. The van der Waals surface area contributed by atoms with Crippen LogP contribution in [0.2, 0.25) is 5.02 Å². The van der Waals surface area contributed by atoms with Crippen molar-refractivity contribution in [2.45, 2.75) is 11.8 Å². The molecule has 2 N–H and O–H groups in total. The van der Waals surface area contributed by atoms with E-state index in [0.717, 1.165) is 0 Å². The van der Waals surface area contributed by atoms with E-state index in [1.807, 2.05) is 6.92 Å². The summed E-state index contributed by atoms with van der Waals surface area (Å²) in [5.41, 5.74) is 0.490. The first-order chi connectivity index (χ1) is 12.3. The molecule has 0 fully saturated rings. The molecule has 0 atom stereocenters. The Balaban J connectivity index is 2.32. The Morgan fingerprint density at radius 2 is 1.88 bits per heavy atom. The van der Waals surface area contributed by atoms with E-state index in [-0.39, 0.29) is 15.5 Å². The molecule has 140 valence electrons.